The summed E-state index contributed by atoms with van der Waals surface area (Å²) in [5, 5.41) is 17.8. The molecule has 2 heterocycles. The monoisotopic (exact) mass is 639 g/mol. The molecule has 3 fully saturated rings. The van der Waals surface area contributed by atoms with E-state index in [0.29, 0.717) is 13.0 Å². The fraction of sp³-hybridized carbons (Fsp3) is 0.621. The van der Waals surface area contributed by atoms with Crippen molar-refractivity contribution in [2.45, 2.75) is 74.7 Å². The largest absolute Gasteiger partial charge is 0.484 e. The van der Waals surface area contributed by atoms with Crippen molar-refractivity contribution in [3.63, 3.8) is 0 Å². The zero-order chi connectivity index (χ0) is 31.7. The highest BCUT2D eigenvalue weighted by Crippen LogP contribution is 2.65. The molecule has 0 bridgehead atoms. The first-order valence-electron chi connectivity index (χ1n) is 14.1. The lowest BCUT2D eigenvalue weighted by atomic mass is 9.98. The first-order chi connectivity index (χ1) is 20.1. The van der Waals surface area contributed by atoms with Crippen LogP contribution in [0.15, 0.2) is 24.3 Å². The lowest BCUT2D eigenvalue weighted by Gasteiger charge is -2.36. The highest BCUT2D eigenvalue weighted by Gasteiger charge is 2.74. The van der Waals surface area contributed by atoms with E-state index in [0.717, 1.165) is 0 Å². The number of rotatable bonds is 11. The second kappa shape index (κ2) is 12.8. The van der Waals surface area contributed by atoms with Gasteiger partial charge in [-0.05, 0) is 64.8 Å². The van der Waals surface area contributed by atoms with Crippen LogP contribution in [-0.4, -0.2) is 82.4 Å². The number of nitriles is 1. The van der Waals surface area contributed by atoms with Crippen molar-refractivity contribution in [3.05, 3.63) is 30.1 Å². The van der Waals surface area contributed by atoms with E-state index in [1.165, 1.54) is 29.2 Å². The van der Waals surface area contributed by atoms with E-state index in [2.05, 4.69) is 16.0 Å². The highest BCUT2D eigenvalue weighted by atomic mass is 35.5. The zero-order valence-corrected chi connectivity index (χ0v) is 25.9. The number of alkyl halides is 2. The van der Waals surface area contributed by atoms with Crippen LogP contribution in [0.3, 0.4) is 0 Å². The molecule has 0 spiro atoms. The number of fused-ring (bicyclic) bond motifs is 1. The van der Waals surface area contributed by atoms with Crippen molar-refractivity contribution in [3.8, 4) is 11.8 Å². The summed E-state index contributed by atoms with van der Waals surface area (Å²) in [6.45, 7) is 7.12. The number of nitrogens with one attached hydrogen (secondary N) is 3. The van der Waals surface area contributed by atoms with Gasteiger partial charge in [0.2, 0.25) is 17.7 Å². The third-order valence-electron chi connectivity index (χ3n) is 7.81. The summed E-state index contributed by atoms with van der Waals surface area (Å²) in [5.41, 5.74) is -0.675. The summed E-state index contributed by atoms with van der Waals surface area (Å²) < 4.78 is 23.4. The number of ether oxygens (including phenoxy) is 2. The van der Waals surface area contributed by atoms with Gasteiger partial charge in [-0.3, -0.25) is 19.2 Å². The van der Waals surface area contributed by atoms with Crippen LogP contribution < -0.4 is 20.7 Å². The quantitative estimate of drug-likeness (QED) is 0.314. The molecule has 4 rings (SSSR count). The average Bonchev–Trinajstić information content (AvgIpc) is 3.26. The summed E-state index contributed by atoms with van der Waals surface area (Å²) in [7, 11) is 0. The fourth-order valence-corrected chi connectivity index (χ4v) is 6.59. The van der Waals surface area contributed by atoms with E-state index >= 15 is 0 Å². The van der Waals surface area contributed by atoms with Gasteiger partial charge in [0.15, 0.2) is 6.61 Å². The van der Waals surface area contributed by atoms with Crippen LogP contribution in [0.1, 0.15) is 40.5 Å². The average molecular weight is 641 g/mol. The van der Waals surface area contributed by atoms with Gasteiger partial charge in [0.05, 0.1) is 17.8 Å². The van der Waals surface area contributed by atoms with Gasteiger partial charge in [-0.2, -0.15) is 5.26 Å². The molecule has 3 N–H and O–H groups in total. The Hall–Kier alpha value is -3.14. The number of carbonyl (C=O) groups is 4. The lowest BCUT2D eigenvalue weighted by Crippen LogP contribution is -2.60. The molecule has 4 amide bonds. The van der Waals surface area contributed by atoms with Gasteiger partial charge in [-0.15, -0.1) is 23.2 Å². The van der Waals surface area contributed by atoms with Gasteiger partial charge in [-0.25, -0.2) is 4.39 Å². The van der Waals surface area contributed by atoms with Crippen LogP contribution in [0.25, 0.3) is 0 Å². The number of carbonyl (C=O) groups excluding carboxylic acids is 4. The Labute approximate surface area is 259 Å². The number of benzene rings is 1. The molecular weight excluding hydrogens is 604 g/mol. The Morgan fingerprint density at radius 3 is 2.49 bits per heavy atom. The molecule has 1 aliphatic carbocycles. The minimum Gasteiger partial charge on any atom is -0.484 e. The molecule has 43 heavy (non-hydrogen) atoms. The summed E-state index contributed by atoms with van der Waals surface area (Å²) in [6, 6.07) is 3.84. The van der Waals surface area contributed by atoms with Crippen LogP contribution in [0.4, 0.5) is 4.39 Å². The van der Waals surface area contributed by atoms with E-state index in [1.807, 2.05) is 6.07 Å². The van der Waals surface area contributed by atoms with E-state index in [4.69, 9.17) is 32.7 Å². The Morgan fingerprint density at radius 1 is 1.23 bits per heavy atom. The molecule has 1 aromatic rings. The normalized spacial score (nSPS) is 25.9. The minimum absolute atomic E-state index is 0.0531. The molecule has 2 saturated heterocycles. The molecule has 11 nitrogen and oxygen atoms in total. The maximum atomic E-state index is 14.1. The molecular formula is C29H36Cl2FN5O6. The van der Waals surface area contributed by atoms with Gasteiger partial charge in [0.25, 0.3) is 5.91 Å². The Kier molecular flexibility index (Phi) is 9.79. The summed E-state index contributed by atoms with van der Waals surface area (Å²) >= 11 is 12.9. The minimum atomic E-state index is -1.23. The molecule has 1 unspecified atom stereocenters. The zero-order valence-electron chi connectivity index (χ0n) is 24.4. The number of hydrogen-bond donors (Lipinski definition) is 3. The van der Waals surface area contributed by atoms with E-state index in [1.54, 1.807) is 27.7 Å². The Bertz CT molecular complexity index is 1280. The van der Waals surface area contributed by atoms with Gasteiger partial charge in [0.1, 0.15) is 34.0 Å². The second-order valence-corrected chi connectivity index (χ2v) is 13.6. The summed E-state index contributed by atoms with van der Waals surface area (Å²) in [5.74, 6) is -3.62. The van der Waals surface area contributed by atoms with Gasteiger partial charge >= 0.3 is 0 Å². The lowest BCUT2D eigenvalue weighted by molar-refractivity contribution is -0.149. The molecule has 234 valence electrons. The fourth-order valence-electron chi connectivity index (χ4n) is 5.77. The topological polar surface area (TPSA) is 150 Å². The number of halogens is 3. The molecule has 1 saturated carbocycles. The standard InChI is InChI=1S/C29H36Cl2FN5O6/c1-15(43-28(2,3)4)23(36-21(38)14-42-19-7-5-17(32)6-8-19)27(41)37-13-20-22(29(20,30)31)24(37)26(40)35-18(12-33)11-16-9-10-34-25(16)39/h5-8,15-16,18,20,22-24H,9-11,13-14H2,1-4H3,(H,34,39)(H,35,40)(H,36,38)/t15?,16-,18-,20-,22-,23-,24-/m0/s1. The van der Waals surface area contributed by atoms with Crippen molar-refractivity contribution in [1.29, 1.82) is 5.26 Å². The summed E-state index contributed by atoms with van der Waals surface area (Å²) in [4.78, 5) is 53.9. The van der Waals surface area contributed by atoms with Gasteiger partial charge in [-0.1, -0.05) is 0 Å². The van der Waals surface area contributed by atoms with Crippen molar-refractivity contribution in [2.75, 3.05) is 19.7 Å². The second-order valence-electron chi connectivity index (χ2n) is 12.2. The van der Waals surface area contributed by atoms with Crippen molar-refractivity contribution >= 4 is 46.8 Å². The van der Waals surface area contributed by atoms with Crippen LogP contribution in [0.2, 0.25) is 0 Å². The predicted molar refractivity (Wildman–Crippen MR) is 154 cm³/mol. The smallest absolute Gasteiger partial charge is 0.258 e. The predicted octanol–water partition coefficient (Wildman–Crippen LogP) is 2.06. The first kappa shape index (κ1) is 32.8. The van der Waals surface area contributed by atoms with E-state index < -0.39 is 82.1 Å². The molecule has 1 aromatic carbocycles. The van der Waals surface area contributed by atoms with Crippen LogP contribution in [-0.2, 0) is 23.9 Å². The van der Waals surface area contributed by atoms with Crippen LogP contribution >= 0.6 is 23.2 Å². The number of piperidine rings is 1. The molecule has 0 radical (unpaired) electrons. The van der Waals surface area contributed by atoms with E-state index in [9.17, 15) is 28.8 Å². The maximum Gasteiger partial charge on any atom is 0.258 e. The number of hydrogen-bond acceptors (Lipinski definition) is 7. The molecule has 7 atom stereocenters. The van der Waals surface area contributed by atoms with Gasteiger partial charge < -0.3 is 30.3 Å². The summed E-state index contributed by atoms with van der Waals surface area (Å²) in [6.07, 6.45) is -0.151. The van der Waals surface area contributed by atoms with Gasteiger partial charge in [0, 0.05) is 30.8 Å². The SMILES string of the molecule is CC(OC(C)(C)C)[C@H](NC(=O)COc1ccc(F)cc1)C(=O)N1C[C@H]2[C@@H]([C@H]1C(=O)N[C@H](C#N)C[C@@H]1CCNC1=O)C2(Cl)Cl. The van der Waals surface area contributed by atoms with Crippen molar-refractivity contribution in [2.24, 2.45) is 17.8 Å². The maximum absolute atomic E-state index is 14.1. The third kappa shape index (κ3) is 7.69. The number of nitrogens with zero attached hydrogens (tertiary/aromatic N) is 2. The van der Waals surface area contributed by atoms with Crippen molar-refractivity contribution < 1.29 is 33.0 Å². The third-order valence-corrected chi connectivity index (χ3v) is 8.88. The van der Waals surface area contributed by atoms with E-state index in [-0.39, 0.29) is 24.6 Å². The highest BCUT2D eigenvalue weighted by molar-refractivity contribution is 6.51. The molecule has 14 heteroatoms. The van der Waals surface area contributed by atoms with Crippen LogP contribution in [0, 0.1) is 34.9 Å². The molecule has 3 aliphatic rings. The Balaban J connectivity index is 1.50. The Morgan fingerprint density at radius 2 is 1.91 bits per heavy atom. The molecule has 0 aromatic heterocycles. The first-order valence-corrected chi connectivity index (χ1v) is 14.9. The van der Waals surface area contributed by atoms with Crippen molar-refractivity contribution in [1.82, 2.24) is 20.9 Å². The molecule has 2 aliphatic heterocycles. The van der Waals surface area contributed by atoms with Crippen LogP contribution in [0.5, 0.6) is 5.75 Å². The number of amides is 4. The number of likely N-dealkylation sites (tertiary alicyclic amines) is 1.